The SMILES string of the molecule is COc1ccc(CCNCCC(C)(C)C(=O)O)cc1. The first-order chi connectivity index (χ1) is 8.95. The van der Waals surface area contributed by atoms with Gasteiger partial charge in [-0.25, -0.2) is 0 Å². The Morgan fingerprint density at radius 3 is 2.42 bits per heavy atom. The van der Waals surface area contributed by atoms with Crippen LogP contribution in [0.4, 0.5) is 0 Å². The number of benzene rings is 1. The van der Waals surface area contributed by atoms with E-state index in [2.05, 4.69) is 5.32 Å². The molecular weight excluding hydrogens is 242 g/mol. The Hall–Kier alpha value is -1.55. The van der Waals surface area contributed by atoms with Gasteiger partial charge in [0.25, 0.3) is 0 Å². The maximum Gasteiger partial charge on any atom is 0.309 e. The number of rotatable bonds is 8. The highest BCUT2D eigenvalue weighted by atomic mass is 16.5. The smallest absolute Gasteiger partial charge is 0.309 e. The third kappa shape index (κ3) is 5.30. The van der Waals surface area contributed by atoms with Gasteiger partial charge >= 0.3 is 5.97 Å². The first-order valence-electron chi connectivity index (χ1n) is 6.53. The second-order valence-electron chi connectivity index (χ2n) is 5.29. The van der Waals surface area contributed by atoms with Gasteiger partial charge in [-0.3, -0.25) is 4.79 Å². The lowest BCUT2D eigenvalue weighted by molar-refractivity contribution is -0.147. The van der Waals surface area contributed by atoms with Crippen LogP contribution in [0.5, 0.6) is 5.75 Å². The molecule has 4 nitrogen and oxygen atoms in total. The second kappa shape index (κ2) is 7.14. The van der Waals surface area contributed by atoms with Gasteiger partial charge in [-0.2, -0.15) is 0 Å². The minimum Gasteiger partial charge on any atom is -0.497 e. The highest BCUT2D eigenvalue weighted by molar-refractivity contribution is 5.73. The molecule has 1 aromatic carbocycles. The van der Waals surface area contributed by atoms with Crippen LogP contribution >= 0.6 is 0 Å². The minimum atomic E-state index is -0.746. The summed E-state index contributed by atoms with van der Waals surface area (Å²) in [7, 11) is 1.65. The van der Waals surface area contributed by atoms with Crippen molar-refractivity contribution in [2.75, 3.05) is 20.2 Å². The maximum absolute atomic E-state index is 10.9. The Bertz CT molecular complexity index is 398. The summed E-state index contributed by atoms with van der Waals surface area (Å²) in [6.45, 7) is 5.07. The largest absolute Gasteiger partial charge is 0.497 e. The minimum absolute atomic E-state index is 0.630. The molecule has 19 heavy (non-hydrogen) atoms. The molecule has 0 amide bonds. The molecule has 0 aromatic heterocycles. The van der Waals surface area contributed by atoms with Crippen molar-refractivity contribution in [1.29, 1.82) is 0 Å². The first kappa shape index (κ1) is 15.5. The van der Waals surface area contributed by atoms with Crippen molar-refractivity contribution >= 4 is 5.97 Å². The summed E-state index contributed by atoms with van der Waals surface area (Å²) < 4.78 is 5.10. The van der Waals surface area contributed by atoms with Gasteiger partial charge in [0, 0.05) is 0 Å². The van der Waals surface area contributed by atoms with Crippen molar-refractivity contribution in [1.82, 2.24) is 5.32 Å². The van der Waals surface area contributed by atoms with Crippen LogP contribution in [0.3, 0.4) is 0 Å². The van der Waals surface area contributed by atoms with E-state index < -0.39 is 11.4 Å². The summed E-state index contributed by atoms with van der Waals surface area (Å²) in [6, 6.07) is 7.98. The zero-order valence-electron chi connectivity index (χ0n) is 11.9. The summed E-state index contributed by atoms with van der Waals surface area (Å²) in [5.74, 6) is 0.115. The van der Waals surface area contributed by atoms with Gasteiger partial charge in [0.1, 0.15) is 5.75 Å². The van der Waals surface area contributed by atoms with E-state index in [-0.39, 0.29) is 0 Å². The lowest BCUT2D eigenvalue weighted by Gasteiger charge is -2.18. The third-order valence-electron chi connectivity index (χ3n) is 3.26. The average molecular weight is 265 g/mol. The van der Waals surface area contributed by atoms with Gasteiger partial charge in [-0.1, -0.05) is 12.1 Å². The third-order valence-corrected chi connectivity index (χ3v) is 3.26. The molecule has 0 saturated carbocycles. The van der Waals surface area contributed by atoms with E-state index in [0.717, 1.165) is 25.3 Å². The molecule has 0 radical (unpaired) electrons. The average Bonchev–Trinajstić information content (AvgIpc) is 2.38. The molecule has 106 valence electrons. The van der Waals surface area contributed by atoms with Crippen molar-refractivity contribution < 1.29 is 14.6 Å². The molecular formula is C15H23NO3. The van der Waals surface area contributed by atoms with Gasteiger partial charge in [0.2, 0.25) is 0 Å². The number of methoxy groups -OCH3 is 1. The highest BCUT2D eigenvalue weighted by Crippen LogP contribution is 2.19. The van der Waals surface area contributed by atoms with Crippen LogP contribution in [0.25, 0.3) is 0 Å². The molecule has 0 aliphatic carbocycles. The molecule has 0 unspecified atom stereocenters. The van der Waals surface area contributed by atoms with E-state index >= 15 is 0 Å². The van der Waals surface area contributed by atoms with Crippen LogP contribution in [0, 0.1) is 5.41 Å². The first-order valence-corrected chi connectivity index (χ1v) is 6.53. The fourth-order valence-electron chi connectivity index (χ4n) is 1.66. The Labute approximate surface area is 114 Å². The zero-order valence-corrected chi connectivity index (χ0v) is 11.9. The second-order valence-corrected chi connectivity index (χ2v) is 5.29. The van der Waals surface area contributed by atoms with Crippen LogP contribution in [0.2, 0.25) is 0 Å². The molecule has 0 spiro atoms. The fourth-order valence-corrected chi connectivity index (χ4v) is 1.66. The van der Waals surface area contributed by atoms with E-state index in [9.17, 15) is 4.79 Å². The summed E-state index contributed by atoms with van der Waals surface area (Å²) in [5.41, 5.74) is 0.582. The van der Waals surface area contributed by atoms with E-state index in [1.807, 2.05) is 24.3 Å². The normalized spacial score (nSPS) is 11.3. The summed E-state index contributed by atoms with van der Waals surface area (Å²) in [6.07, 6.45) is 1.56. The Morgan fingerprint density at radius 2 is 1.89 bits per heavy atom. The monoisotopic (exact) mass is 265 g/mol. The van der Waals surface area contributed by atoms with E-state index in [1.54, 1.807) is 21.0 Å². The standard InChI is InChI=1S/C15H23NO3/c1-15(2,14(17)18)9-11-16-10-8-12-4-6-13(19-3)7-5-12/h4-7,16H,8-11H2,1-3H3,(H,17,18). The molecule has 0 aliphatic rings. The molecule has 0 heterocycles. The van der Waals surface area contributed by atoms with Gasteiger partial charge in [-0.15, -0.1) is 0 Å². The number of carbonyl (C=O) groups is 1. The quantitative estimate of drug-likeness (QED) is 0.708. The predicted molar refractivity (Wildman–Crippen MR) is 75.6 cm³/mol. The van der Waals surface area contributed by atoms with Crippen molar-refractivity contribution in [2.24, 2.45) is 5.41 Å². The number of ether oxygens (including phenoxy) is 1. The molecule has 0 bridgehead atoms. The van der Waals surface area contributed by atoms with Crippen LogP contribution in [-0.2, 0) is 11.2 Å². The van der Waals surface area contributed by atoms with Gasteiger partial charge in [0.15, 0.2) is 0 Å². The Morgan fingerprint density at radius 1 is 1.26 bits per heavy atom. The lowest BCUT2D eigenvalue weighted by atomic mass is 9.90. The van der Waals surface area contributed by atoms with Crippen molar-refractivity contribution in [3.05, 3.63) is 29.8 Å². The van der Waals surface area contributed by atoms with Gasteiger partial charge in [0.05, 0.1) is 12.5 Å². The molecule has 1 aromatic rings. The zero-order chi connectivity index (χ0) is 14.3. The Kier molecular flexibility index (Phi) is 5.83. The molecule has 0 atom stereocenters. The van der Waals surface area contributed by atoms with E-state index in [0.29, 0.717) is 6.42 Å². The molecule has 4 heteroatoms. The lowest BCUT2D eigenvalue weighted by Crippen LogP contribution is -2.29. The number of nitrogens with one attached hydrogen (secondary N) is 1. The van der Waals surface area contributed by atoms with Crippen LogP contribution in [0.15, 0.2) is 24.3 Å². The van der Waals surface area contributed by atoms with Crippen molar-refractivity contribution in [3.63, 3.8) is 0 Å². The summed E-state index contributed by atoms with van der Waals surface area (Å²) in [5, 5.41) is 12.3. The highest BCUT2D eigenvalue weighted by Gasteiger charge is 2.25. The fraction of sp³-hybridized carbons (Fsp3) is 0.533. The molecule has 0 aliphatic heterocycles. The predicted octanol–water partition coefficient (Wildman–Crippen LogP) is 2.33. The molecule has 2 N–H and O–H groups in total. The van der Waals surface area contributed by atoms with Gasteiger partial charge in [-0.05, 0) is 57.5 Å². The van der Waals surface area contributed by atoms with E-state index in [1.165, 1.54) is 5.56 Å². The van der Waals surface area contributed by atoms with Crippen molar-refractivity contribution in [3.8, 4) is 5.75 Å². The number of aliphatic carboxylic acids is 1. The molecule has 0 fully saturated rings. The summed E-state index contributed by atoms with van der Waals surface area (Å²) >= 11 is 0. The molecule has 1 rings (SSSR count). The number of carboxylic acids is 1. The topological polar surface area (TPSA) is 58.6 Å². The van der Waals surface area contributed by atoms with Crippen molar-refractivity contribution in [2.45, 2.75) is 26.7 Å². The van der Waals surface area contributed by atoms with E-state index in [4.69, 9.17) is 9.84 Å². The number of hydrogen-bond acceptors (Lipinski definition) is 3. The van der Waals surface area contributed by atoms with Crippen LogP contribution < -0.4 is 10.1 Å². The molecule has 0 saturated heterocycles. The van der Waals surface area contributed by atoms with Crippen LogP contribution in [-0.4, -0.2) is 31.3 Å². The van der Waals surface area contributed by atoms with Crippen LogP contribution in [0.1, 0.15) is 25.8 Å². The maximum atomic E-state index is 10.9. The summed E-state index contributed by atoms with van der Waals surface area (Å²) in [4.78, 5) is 10.9. The van der Waals surface area contributed by atoms with Gasteiger partial charge < -0.3 is 15.2 Å². The number of carboxylic acid groups (broad SMARTS) is 1. The Balaban J connectivity index is 2.22. The number of hydrogen-bond donors (Lipinski definition) is 2.